The molecule has 0 spiro atoms. The lowest BCUT2D eigenvalue weighted by atomic mass is 10.0. The molecule has 2 aliphatic heterocycles. The molecular weight excluding hydrogens is 356 g/mol. The molecule has 0 radical (unpaired) electrons. The van der Waals surface area contributed by atoms with Crippen LogP contribution in [0.1, 0.15) is 25.3 Å². The van der Waals surface area contributed by atoms with Crippen LogP contribution in [-0.2, 0) is 4.79 Å². The smallest absolute Gasteiger partial charge is 0.237 e. The molecule has 0 unspecified atom stereocenters. The SMILES string of the molecule is C[C@@H]1CN[C@H](C(=O)N[C@H]2CCN(c3ccc(-c4ccsc4)cc3C#N)C2)C1. The summed E-state index contributed by atoms with van der Waals surface area (Å²) in [6, 6.07) is 10.6. The van der Waals surface area contributed by atoms with Crippen LogP contribution in [-0.4, -0.2) is 37.6 Å². The maximum atomic E-state index is 12.4. The van der Waals surface area contributed by atoms with Gasteiger partial charge in [0.15, 0.2) is 0 Å². The number of rotatable bonds is 4. The minimum Gasteiger partial charge on any atom is -0.368 e. The summed E-state index contributed by atoms with van der Waals surface area (Å²) in [6.07, 6.45) is 1.82. The highest BCUT2D eigenvalue weighted by Gasteiger charge is 2.31. The average Bonchev–Trinajstić information content (AvgIpc) is 3.43. The average molecular weight is 381 g/mol. The quantitative estimate of drug-likeness (QED) is 0.856. The zero-order chi connectivity index (χ0) is 18.8. The molecule has 27 heavy (non-hydrogen) atoms. The van der Waals surface area contributed by atoms with E-state index in [2.05, 4.69) is 46.0 Å². The van der Waals surface area contributed by atoms with Crippen molar-refractivity contribution >= 4 is 22.9 Å². The molecule has 1 amide bonds. The number of hydrogen-bond acceptors (Lipinski definition) is 5. The number of carbonyl (C=O) groups is 1. The zero-order valence-corrected chi connectivity index (χ0v) is 16.3. The van der Waals surface area contributed by atoms with E-state index in [1.807, 2.05) is 17.5 Å². The predicted molar refractivity (Wildman–Crippen MR) is 109 cm³/mol. The fourth-order valence-corrected chi connectivity index (χ4v) is 4.69. The number of thiophene rings is 1. The molecule has 0 aliphatic carbocycles. The lowest BCUT2D eigenvalue weighted by Crippen LogP contribution is -2.46. The van der Waals surface area contributed by atoms with E-state index in [1.165, 1.54) is 0 Å². The van der Waals surface area contributed by atoms with Crippen molar-refractivity contribution in [1.82, 2.24) is 10.6 Å². The van der Waals surface area contributed by atoms with Crippen molar-refractivity contribution in [3.63, 3.8) is 0 Å². The fourth-order valence-electron chi connectivity index (χ4n) is 4.02. The van der Waals surface area contributed by atoms with Crippen molar-refractivity contribution in [3.8, 4) is 17.2 Å². The van der Waals surface area contributed by atoms with Crippen LogP contribution in [0.15, 0.2) is 35.0 Å². The summed E-state index contributed by atoms with van der Waals surface area (Å²) in [5, 5.41) is 20.2. The van der Waals surface area contributed by atoms with Crippen LogP contribution >= 0.6 is 11.3 Å². The first-order chi connectivity index (χ1) is 13.1. The van der Waals surface area contributed by atoms with Gasteiger partial charge in [0.25, 0.3) is 0 Å². The summed E-state index contributed by atoms with van der Waals surface area (Å²) in [6.45, 7) is 4.68. The van der Waals surface area contributed by atoms with Gasteiger partial charge < -0.3 is 15.5 Å². The molecule has 6 heteroatoms. The Kier molecular flexibility index (Phi) is 5.15. The van der Waals surface area contributed by atoms with Gasteiger partial charge in [0.1, 0.15) is 6.07 Å². The predicted octanol–water partition coefficient (Wildman–Crippen LogP) is 2.98. The molecule has 3 atom stereocenters. The highest BCUT2D eigenvalue weighted by Crippen LogP contribution is 2.30. The molecule has 5 nitrogen and oxygen atoms in total. The molecule has 2 saturated heterocycles. The fraction of sp³-hybridized carbons (Fsp3) is 0.429. The Hall–Kier alpha value is -2.36. The molecule has 2 N–H and O–H groups in total. The number of nitriles is 1. The molecule has 2 aliphatic rings. The normalized spacial score (nSPS) is 24.7. The number of nitrogens with one attached hydrogen (secondary N) is 2. The van der Waals surface area contributed by atoms with Gasteiger partial charge in [-0.15, -0.1) is 0 Å². The van der Waals surface area contributed by atoms with E-state index in [-0.39, 0.29) is 18.0 Å². The van der Waals surface area contributed by atoms with Crippen molar-refractivity contribution in [2.45, 2.75) is 31.8 Å². The third-order valence-corrected chi connectivity index (χ3v) is 6.20. The van der Waals surface area contributed by atoms with Crippen molar-refractivity contribution in [2.24, 2.45) is 5.92 Å². The van der Waals surface area contributed by atoms with E-state index >= 15 is 0 Å². The van der Waals surface area contributed by atoms with Crippen LogP contribution in [0.25, 0.3) is 11.1 Å². The molecular formula is C21H24N4OS. The van der Waals surface area contributed by atoms with Crippen LogP contribution in [0.5, 0.6) is 0 Å². The van der Waals surface area contributed by atoms with Crippen LogP contribution < -0.4 is 15.5 Å². The monoisotopic (exact) mass is 380 g/mol. The van der Waals surface area contributed by atoms with Crippen molar-refractivity contribution in [2.75, 3.05) is 24.5 Å². The van der Waals surface area contributed by atoms with Gasteiger partial charge in [-0.05, 0) is 65.4 Å². The van der Waals surface area contributed by atoms with E-state index in [0.29, 0.717) is 11.5 Å². The van der Waals surface area contributed by atoms with Gasteiger partial charge in [0.2, 0.25) is 5.91 Å². The van der Waals surface area contributed by atoms with Gasteiger partial charge in [-0.3, -0.25) is 4.79 Å². The van der Waals surface area contributed by atoms with Crippen LogP contribution in [0.4, 0.5) is 5.69 Å². The van der Waals surface area contributed by atoms with Gasteiger partial charge in [0.05, 0.1) is 17.3 Å². The summed E-state index contributed by atoms with van der Waals surface area (Å²) < 4.78 is 0. The Morgan fingerprint density at radius 2 is 2.26 bits per heavy atom. The second kappa shape index (κ2) is 7.71. The second-order valence-corrected chi connectivity index (χ2v) is 8.38. The van der Waals surface area contributed by atoms with Crippen molar-refractivity contribution in [3.05, 3.63) is 40.6 Å². The molecule has 140 valence electrons. The Balaban J connectivity index is 1.42. The summed E-state index contributed by atoms with van der Waals surface area (Å²) >= 11 is 1.66. The third kappa shape index (κ3) is 3.85. The number of anilines is 1. The van der Waals surface area contributed by atoms with Gasteiger partial charge >= 0.3 is 0 Å². The Labute approximate surface area is 164 Å². The van der Waals surface area contributed by atoms with Crippen molar-refractivity contribution in [1.29, 1.82) is 5.26 Å². The topological polar surface area (TPSA) is 68.2 Å². The molecule has 0 bridgehead atoms. The van der Waals surface area contributed by atoms with Gasteiger partial charge in [-0.2, -0.15) is 16.6 Å². The first-order valence-electron chi connectivity index (χ1n) is 9.49. The molecule has 2 aromatic rings. The maximum Gasteiger partial charge on any atom is 0.237 e. The zero-order valence-electron chi connectivity index (χ0n) is 15.4. The number of nitrogens with zero attached hydrogens (tertiary/aromatic N) is 2. The van der Waals surface area contributed by atoms with Crippen LogP contribution in [0, 0.1) is 17.2 Å². The first-order valence-corrected chi connectivity index (χ1v) is 10.4. The van der Waals surface area contributed by atoms with E-state index in [4.69, 9.17) is 0 Å². The minimum atomic E-state index is -0.0615. The Morgan fingerprint density at radius 3 is 2.96 bits per heavy atom. The summed E-state index contributed by atoms with van der Waals surface area (Å²) in [7, 11) is 0. The molecule has 2 fully saturated rings. The second-order valence-electron chi connectivity index (χ2n) is 7.60. The molecule has 3 heterocycles. The van der Waals surface area contributed by atoms with Gasteiger partial charge in [-0.1, -0.05) is 13.0 Å². The molecule has 1 aromatic heterocycles. The van der Waals surface area contributed by atoms with E-state index < -0.39 is 0 Å². The largest absolute Gasteiger partial charge is 0.368 e. The lowest BCUT2D eigenvalue weighted by Gasteiger charge is -2.21. The maximum absolute atomic E-state index is 12.4. The lowest BCUT2D eigenvalue weighted by molar-refractivity contribution is -0.123. The van der Waals surface area contributed by atoms with Crippen LogP contribution in [0.2, 0.25) is 0 Å². The van der Waals surface area contributed by atoms with Crippen LogP contribution in [0.3, 0.4) is 0 Å². The highest BCUT2D eigenvalue weighted by molar-refractivity contribution is 7.08. The molecule has 0 saturated carbocycles. The summed E-state index contributed by atoms with van der Waals surface area (Å²) in [5.74, 6) is 0.667. The summed E-state index contributed by atoms with van der Waals surface area (Å²) in [5.41, 5.74) is 3.87. The standard InChI is InChI=1S/C21H24N4OS/c1-14-8-19(23-11-14)21(26)24-18-4-6-25(12-18)20-3-2-15(9-17(20)10-22)16-5-7-27-13-16/h2-3,5,7,9,13-14,18-19,23H,4,6,8,11-12H2,1H3,(H,24,26)/t14-,18-,19-/m0/s1. The van der Waals surface area contributed by atoms with Gasteiger partial charge in [0, 0.05) is 19.1 Å². The first kappa shape index (κ1) is 18.0. The summed E-state index contributed by atoms with van der Waals surface area (Å²) in [4.78, 5) is 14.7. The molecule has 4 rings (SSSR count). The van der Waals surface area contributed by atoms with E-state index in [9.17, 15) is 10.1 Å². The minimum absolute atomic E-state index is 0.0615. The van der Waals surface area contributed by atoms with E-state index in [1.54, 1.807) is 11.3 Å². The highest BCUT2D eigenvalue weighted by atomic mass is 32.1. The van der Waals surface area contributed by atoms with Crippen molar-refractivity contribution < 1.29 is 4.79 Å². The van der Waals surface area contributed by atoms with Gasteiger partial charge in [-0.25, -0.2) is 0 Å². The number of carbonyl (C=O) groups excluding carboxylic acids is 1. The number of benzene rings is 1. The van der Waals surface area contributed by atoms with E-state index in [0.717, 1.165) is 49.3 Å². The molecule has 1 aromatic carbocycles. The number of hydrogen-bond donors (Lipinski definition) is 2. The third-order valence-electron chi connectivity index (χ3n) is 5.51. The number of amides is 1. The Bertz CT molecular complexity index is 858. The Morgan fingerprint density at radius 1 is 1.37 bits per heavy atom.